The molecule has 8 nitrogen and oxygen atoms in total. The van der Waals surface area contributed by atoms with Crippen molar-refractivity contribution >= 4 is 35.0 Å². The monoisotopic (exact) mass is 408 g/mol. The van der Waals surface area contributed by atoms with Crippen LogP contribution in [0.5, 0.6) is 0 Å². The second-order valence-corrected chi connectivity index (χ2v) is 6.20. The van der Waals surface area contributed by atoms with Gasteiger partial charge in [-0.15, -0.1) is 0 Å². The fourth-order valence-corrected chi connectivity index (χ4v) is 2.61. The Morgan fingerprint density at radius 2 is 2.00 bits per heavy atom. The van der Waals surface area contributed by atoms with Gasteiger partial charge in [0.1, 0.15) is 11.5 Å². The molecule has 1 aromatic heterocycles. The Morgan fingerprint density at radius 3 is 2.57 bits per heavy atom. The summed E-state index contributed by atoms with van der Waals surface area (Å²) in [6.07, 6.45) is 1.45. The lowest BCUT2D eigenvalue weighted by Crippen LogP contribution is -2.43. The average Bonchev–Trinajstić information content (AvgIpc) is 2.65. The molecule has 0 saturated carbocycles. The number of pyridine rings is 1. The van der Waals surface area contributed by atoms with E-state index in [2.05, 4.69) is 10.3 Å². The maximum atomic E-state index is 13.4. The first-order valence-electron chi connectivity index (χ1n) is 8.23. The van der Waals surface area contributed by atoms with Crippen molar-refractivity contribution in [2.24, 2.45) is 5.73 Å². The van der Waals surface area contributed by atoms with Crippen LogP contribution in [0.1, 0.15) is 22.5 Å². The Labute approximate surface area is 165 Å². The van der Waals surface area contributed by atoms with Crippen LogP contribution in [-0.2, 0) is 16.1 Å². The number of nitrogens with one attached hydrogen (secondary N) is 1. The first-order chi connectivity index (χ1) is 13.3. The van der Waals surface area contributed by atoms with Crippen molar-refractivity contribution < 1.29 is 23.9 Å². The van der Waals surface area contributed by atoms with E-state index in [1.807, 2.05) is 0 Å². The molecule has 4 N–H and O–H groups in total. The van der Waals surface area contributed by atoms with Gasteiger partial charge in [0.25, 0.3) is 5.91 Å². The van der Waals surface area contributed by atoms with Crippen LogP contribution in [0, 0.1) is 5.82 Å². The van der Waals surface area contributed by atoms with Crippen LogP contribution >= 0.6 is 11.6 Å². The highest BCUT2D eigenvalue weighted by Gasteiger charge is 2.23. The molecule has 1 aromatic carbocycles. The molecule has 0 fully saturated rings. The van der Waals surface area contributed by atoms with Crippen LogP contribution < -0.4 is 16.0 Å². The number of aromatic nitrogens is 1. The summed E-state index contributed by atoms with van der Waals surface area (Å²) in [7, 11) is 0. The zero-order valence-electron chi connectivity index (χ0n) is 14.7. The van der Waals surface area contributed by atoms with Gasteiger partial charge < -0.3 is 21.1 Å². The third-order valence-electron chi connectivity index (χ3n) is 3.67. The lowest BCUT2D eigenvalue weighted by atomic mass is 10.2. The van der Waals surface area contributed by atoms with E-state index in [0.29, 0.717) is 5.56 Å². The number of anilines is 1. The van der Waals surface area contributed by atoms with Gasteiger partial charge in [-0.2, -0.15) is 0 Å². The van der Waals surface area contributed by atoms with Gasteiger partial charge in [0.2, 0.25) is 0 Å². The summed E-state index contributed by atoms with van der Waals surface area (Å²) in [6.45, 7) is -0.249. The van der Waals surface area contributed by atoms with Gasteiger partial charge in [-0.05, 0) is 42.3 Å². The summed E-state index contributed by atoms with van der Waals surface area (Å²) in [5.41, 5.74) is 5.78. The van der Waals surface area contributed by atoms with Crippen LogP contribution in [0.2, 0.25) is 5.02 Å². The molecule has 0 radical (unpaired) electrons. The topological polar surface area (TPSA) is 126 Å². The second kappa shape index (κ2) is 9.77. The number of carbonyl (C=O) groups excluding carboxylic acids is 3. The lowest BCUT2D eigenvalue weighted by Gasteiger charge is -2.21. The molecule has 2 aromatic rings. The second-order valence-electron chi connectivity index (χ2n) is 5.76. The molecule has 0 spiro atoms. The van der Waals surface area contributed by atoms with E-state index in [1.54, 1.807) is 0 Å². The number of aliphatic hydroxyl groups is 1. The van der Waals surface area contributed by atoms with Gasteiger partial charge in [-0.3, -0.25) is 14.4 Å². The molecule has 0 unspecified atom stereocenters. The fourth-order valence-electron chi connectivity index (χ4n) is 2.36. The predicted molar refractivity (Wildman–Crippen MR) is 100 cm³/mol. The Kier molecular flexibility index (Phi) is 7.42. The number of carbonyl (C=O) groups is 3. The summed E-state index contributed by atoms with van der Waals surface area (Å²) < 4.78 is 13.4. The van der Waals surface area contributed by atoms with E-state index in [-0.39, 0.29) is 42.5 Å². The van der Waals surface area contributed by atoms with Crippen LogP contribution in [-0.4, -0.2) is 41.0 Å². The number of amides is 3. The fraction of sp³-hybridized carbons (Fsp3) is 0.222. The SMILES string of the molecule is NC(=O)c1ccc(N(CCCO)C(=O)C(=O)NCc2cc(F)cc(Cl)c2)cn1. The number of nitrogens with zero attached hydrogens (tertiary/aromatic N) is 2. The Balaban J connectivity index is 2.12. The average molecular weight is 409 g/mol. The summed E-state index contributed by atoms with van der Waals surface area (Å²) in [5, 5.41) is 11.6. The predicted octanol–water partition coefficient (Wildman–Crippen LogP) is 1.00. The summed E-state index contributed by atoms with van der Waals surface area (Å²) >= 11 is 5.76. The third-order valence-corrected chi connectivity index (χ3v) is 3.88. The number of rotatable bonds is 7. The highest BCUT2D eigenvalue weighted by molar-refractivity contribution is 6.40. The highest BCUT2D eigenvalue weighted by Crippen LogP contribution is 2.16. The summed E-state index contributed by atoms with van der Waals surface area (Å²) in [4.78, 5) is 40.9. The van der Waals surface area contributed by atoms with E-state index in [4.69, 9.17) is 22.4 Å². The molecule has 0 aliphatic rings. The molecular formula is C18H18ClFN4O4. The largest absolute Gasteiger partial charge is 0.396 e. The van der Waals surface area contributed by atoms with E-state index >= 15 is 0 Å². The molecule has 28 heavy (non-hydrogen) atoms. The molecule has 1 heterocycles. The van der Waals surface area contributed by atoms with Crippen molar-refractivity contribution in [1.29, 1.82) is 0 Å². The van der Waals surface area contributed by atoms with Crippen LogP contribution in [0.25, 0.3) is 0 Å². The maximum Gasteiger partial charge on any atom is 0.316 e. The number of halogens is 2. The molecule has 148 valence electrons. The maximum absolute atomic E-state index is 13.4. The van der Waals surface area contributed by atoms with Crippen LogP contribution in [0.3, 0.4) is 0 Å². The van der Waals surface area contributed by atoms with Crippen molar-refractivity contribution in [3.05, 3.63) is 58.6 Å². The van der Waals surface area contributed by atoms with Crippen LogP contribution in [0.15, 0.2) is 36.5 Å². The van der Waals surface area contributed by atoms with Crippen molar-refractivity contribution in [1.82, 2.24) is 10.3 Å². The Bertz CT molecular complexity index is 856. The highest BCUT2D eigenvalue weighted by atomic mass is 35.5. The Hall–Kier alpha value is -3.04. The number of nitrogens with two attached hydrogens (primary N) is 1. The van der Waals surface area contributed by atoms with E-state index in [0.717, 1.165) is 11.0 Å². The van der Waals surface area contributed by atoms with Gasteiger partial charge in [-0.25, -0.2) is 9.37 Å². The number of hydrogen-bond donors (Lipinski definition) is 3. The molecule has 0 atom stereocenters. The minimum atomic E-state index is -0.933. The number of benzene rings is 1. The standard InChI is InChI=1S/C18H18ClFN4O4/c19-12-6-11(7-13(20)8-12)9-23-17(27)18(28)24(4-1-5-25)14-2-3-15(16(21)26)22-10-14/h2-3,6-8,10,25H,1,4-5,9H2,(H2,21,26)(H,23,27). The molecule has 10 heteroatoms. The van der Waals surface area contributed by atoms with Crippen molar-refractivity contribution in [3.63, 3.8) is 0 Å². The van der Waals surface area contributed by atoms with E-state index in [9.17, 15) is 18.8 Å². The zero-order valence-corrected chi connectivity index (χ0v) is 15.4. The minimum absolute atomic E-state index is 0.00532. The first kappa shape index (κ1) is 21.3. The molecule has 2 rings (SSSR count). The van der Waals surface area contributed by atoms with Crippen molar-refractivity contribution in [2.45, 2.75) is 13.0 Å². The Morgan fingerprint density at radius 1 is 1.25 bits per heavy atom. The third kappa shape index (κ3) is 5.73. The lowest BCUT2D eigenvalue weighted by molar-refractivity contribution is -0.137. The van der Waals surface area contributed by atoms with Gasteiger partial charge in [-0.1, -0.05) is 11.6 Å². The molecule has 0 bridgehead atoms. The number of hydrogen-bond acceptors (Lipinski definition) is 5. The normalized spacial score (nSPS) is 10.4. The first-order valence-corrected chi connectivity index (χ1v) is 8.61. The van der Waals surface area contributed by atoms with Crippen molar-refractivity contribution in [3.8, 4) is 0 Å². The van der Waals surface area contributed by atoms with E-state index < -0.39 is 23.5 Å². The molecule has 0 aliphatic carbocycles. The van der Waals surface area contributed by atoms with Crippen molar-refractivity contribution in [2.75, 3.05) is 18.1 Å². The van der Waals surface area contributed by atoms with Crippen LogP contribution in [0.4, 0.5) is 10.1 Å². The molecule has 0 saturated heterocycles. The molecule has 3 amide bonds. The summed E-state index contributed by atoms with van der Waals surface area (Å²) in [6, 6.07) is 6.51. The summed E-state index contributed by atoms with van der Waals surface area (Å²) in [5.74, 6) is -3.12. The molecule has 0 aliphatic heterocycles. The minimum Gasteiger partial charge on any atom is -0.396 e. The van der Waals surface area contributed by atoms with Gasteiger partial charge in [0.15, 0.2) is 0 Å². The van der Waals surface area contributed by atoms with Gasteiger partial charge >= 0.3 is 11.8 Å². The molecular weight excluding hydrogens is 391 g/mol. The van der Waals surface area contributed by atoms with E-state index in [1.165, 1.54) is 30.5 Å². The zero-order chi connectivity index (χ0) is 20.7. The van der Waals surface area contributed by atoms with Gasteiger partial charge in [0, 0.05) is 24.7 Å². The smallest absolute Gasteiger partial charge is 0.316 e. The number of primary amides is 1. The van der Waals surface area contributed by atoms with Gasteiger partial charge in [0.05, 0.1) is 11.9 Å². The number of aliphatic hydroxyl groups excluding tert-OH is 1. The quantitative estimate of drug-likeness (QED) is 0.589.